The third-order valence-electron chi connectivity index (χ3n) is 8.12. The van der Waals surface area contributed by atoms with Crippen molar-refractivity contribution in [3.63, 3.8) is 0 Å². The lowest BCUT2D eigenvalue weighted by Gasteiger charge is -2.22. The van der Waals surface area contributed by atoms with Crippen LogP contribution in [0.15, 0.2) is 114 Å². The second-order valence-electron chi connectivity index (χ2n) is 10.9. The molecule has 1 aliphatic carbocycles. The maximum atomic E-state index is 4.60. The van der Waals surface area contributed by atoms with Gasteiger partial charge in [-0.1, -0.05) is 48.6 Å². The summed E-state index contributed by atoms with van der Waals surface area (Å²) in [5.74, 6) is 0. The van der Waals surface area contributed by atoms with E-state index in [1.165, 1.54) is 50.5 Å². The maximum absolute atomic E-state index is 4.60. The average molecular weight is 573 g/mol. The van der Waals surface area contributed by atoms with E-state index in [-0.39, 0.29) is 0 Å². The first-order valence-electron chi connectivity index (χ1n) is 15.8. The fraction of sp³-hybridized carbons (Fsp3) is 0.308. The van der Waals surface area contributed by atoms with Gasteiger partial charge >= 0.3 is 0 Å². The molecule has 4 rings (SSSR count). The van der Waals surface area contributed by atoms with E-state index in [4.69, 9.17) is 0 Å². The van der Waals surface area contributed by atoms with Gasteiger partial charge in [-0.25, -0.2) is 0 Å². The van der Waals surface area contributed by atoms with Gasteiger partial charge in [0.1, 0.15) is 0 Å². The molecule has 0 amide bonds. The largest absolute Gasteiger partial charge is 0.378 e. The Kier molecular flexibility index (Phi) is 11.2. The Morgan fingerprint density at radius 2 is 0.977 bits per heavy atom. The Hall–Kier alpha value is -4.31. The Bertz CT molecular complexity index is 1400. The summed E-state index contributed by atoms with van der Waals surface area (Å²) in [5, 5.41) is 0. The normalized spacial score (nSPS) is 12.3. The third-order valence-corrected chi connectivity index (χ3v) is 8.12. The van der Waals surface area contributed by atoms with Crippen LogP contribution in [0.5, 0.6) is 0 Å². The second-order valence-corrected chi connectivity index (χ2v) is 10.9. The molecule has 3 aromatic rings. The highest BCUT2D eigenvalue weighted by atomic mass is 15.1. The van der Waals surface area contributed by atoms with Gasteiger partial charge in [0, 0.05) is 63.9 Å². The molecular formula is C39H48N4. The van der Waals surface area contributed by atoms with Crippen LogP contribution in [0.2, 0.25) is 0 Å². The first-order valence-corrected chi connectivity index (χ1v) is 15.8. The molecule has 0 aliphatic heterocycles. The molecule has 0 N–H and O–H groups in total. The third kappa shape index (κ3) is 7.75. The molecule has 0 fully saturated rings. The van der Waals surface area contributed by atoms with Crippen molar-refractivity contribution in [3.8, 4) is 0 Å². The van der Waals surface area contributed by atoms with Crippen LogP contribution in [-0.2, 0) is 0 Å². The molecule has 0 atom stereocenters. The van der Waals surface area contributed by atoms with Gasteiger partial charge in [0.15, 0.2) is 0 Å². The van der Waals surface area contributed by atoms with Gasteiger partial charge in [-0.2, -0.15) is 0 Å². The van der Waals surface area contributed by atoms with E-state index >= 15 is 0 Å². The highest BCUT2D eigenvalue weighted by Gasteiger charge is 2.14. The smallest absolute Gasteiger partial charge is 0.0574 e. The van der Waals surface area contributed by atoms with Crippen molar-refractivity contribution in [1.82, 2.24) is 0 Å². The number of allylic oxidation sites excluding steroid dienone is 7. The number of aliphatic imine (C=N–C) groups is 1. The van der Waals surface area contributed by atoms with E-state index in [1.54, 1.807) is 0 Å². The average Bonchev–Trinajstić information content (AvgIpc) is 3.04. The van der Waals surface area contributed by atoms with Crippen molar-refractivity contribution in [2.24, 2.45) is 4.99 Å². The van der Waals surface area contributed by atoms with Gasteiger partial charge < -0.3 is 14.7 Å². The minimum atomic E-state index is 0.777. The van der Waals surface area contributed by atoms with E-state index in [9.17, 15) is 0 Å². The summed E-state index contributed by atoms with van der Waals surface area (Å²) in [6.07, 6.45) is 11.0. The molecule has 1 aliphatic rings. The van der Waals surface area contributed by atoms with Crippen molar-refractivity contribution in [2.45, 2.75) is 34.6 Å². The molecule has 43 heavy (non-hydrogen) atoms. The maximum Gasteiger partial charge on any atom is 0.0574 e. The molecule has 0 heterocycles. The quantitative estimate of drug-likeness (QED) is 0.216. The van der Waals surface area contributed by atoms with Gasteiger partial charge in [0.2, 0.25) is 0 Å². The topological polar surface area (TPSA) is 22.1 Å². The van der Waals surface area contributed by atoms with E-state index < -0.39 is 0 Å². The van der Waals surface area contributed by atoms with Crippen LogP contribution < -0.4 is 14.7 Å². The van der Waals surface area contributed by atoms with E-state index in [0.29, 0.717) is 0 Å². The zero-order chi connectivity index (χ0) is 30.8. The lowest BCUT2D eigenvalue weighted by molar-refractivity contribution is 0.866. The van der Waals surface area contributed by atoms with Crippen LogP contribution in [0, 0.1) is 0 Å². The number of nitrogens with zero attached hydrogens (tertiary/aromatic N) is 4. The minimum Gasteiger partial charge on any atom is -0.378 e. The zero-order valence-corrected chi connectivity index (χ0v) is 27.1. The molecule has 3 aromatic carbocycles. The van der Waals surface area contributed by atoms with Crippen molar-refractivity contribution in [3.05, 3.63) is 125 Å². The summed E-state index contributed by atoms with van der Waals surface area (Å²) in [5.41, 5.74) is 11.8. The molecule has 0 aromatic heterocycles. The van der Waals surface area contributed by atoms with Crippen LogP contribution >= 0.6 is 0 Å². The number of hydrogen-bond donors (Lipinski definition) is 0. The first kappa shape index (κ1) is 31.6. The van der Waals surface area contributed by atoms with E-state index in [0.717, 1.165) is 38.4 Å². The number of hydrogen-bond acceptors (Lipinski definition) is 4. The summed E-state index contributed by atoms with van der Waals surface area (Å²) in [6, 6.07) is 27.0. The fourth-order valence-corrected chi connectivity index (χ4v) is 5.56. The number of benzene rings is 3. The highest BCUT2D eigenvalue weighted by molar-refractivity contribution is 6.07. The predicted octanol–water partition coefficient (Wildman–Crippen LogP) is 8.92. The Morgan fingerprint density at radius 1 is 0.558 bits per heavy atom. The molecule has 4 nitrogen and oxygen atoms in total. The molecule has 224 valence electrons. The van der Waals surface area contributed by atoms with Crippen LogP contribution in [0.3, 0.4) is 0 Å². The monoisotopic (exact) mass is 572 g/mol. The summed E-state index contributed by atoms with van der Waals surface area (Å²) in [7, 11) is 4.16. The summed E-state index contributed by atoms with van der Waals surface area (Å²) in [4.78, 5) is 11.5. The molecule has 4 heteroatoms. The van der Waals surface area contributed by atoms with Crippen LogP contribution in [0.25, 0.3) is 11.1 Å². The van der Waals surface area contributed by atoms with Gasteiger partial charge in [-0.15, -0.1) is 0 Å². The van der Waals surface area contributed by atoms with E-state index in [1.807, 2.05) is 0 Å². The predicted molar refractivity (Wildman–Crippen MR) is 191 cm³/mol. The Balaban J connectivity index is 1.91. The summed E-state index contributed by atoms with van der Waals surface area (Å²) in [6.45, 7) is 15.7. The summed E-state index contributed by atoms with van der Waals surface area (Å²) < 4.78 is 0. The Labute approximate surface area is 260 Å². The van der Waals surface area contributed by atoms with Crippen LogP contribution in [0.4, 0.5) is 17.1 Å². The van der Waals surface area contributed by atoms with Gasteiger partial charge in [-0.05, 0) is 123 Å². The highest BCUT2D eigenvalue weighted by Crippen LogP contribution is 2.34. The second kappa shape index (κ2) is 15.2. The molecule has 0 radical (unpaired) electrons. The number of anilines is 3. The van der Waals surface area contributed by atoms with Crippen LogP contribution in [-0.4, -0.2) is 52.5 Å². The standard InChI is InChI=1S/C39H48N4/c1-8-40-34-21-13-30(14-22-34)38(31-15-23-35(24-16-31)41(6)7)29-39(32-17-25-36(26-18-32)42(9-2)10-3)33-19-27-37(28-20-33)43(11-4)12-5/h13-29H,8-12H2,1-7H3. The minimum absolute atomic E-state index is 0.777. The molecule has 0 spiro atoms. The first-order chi connectivity index (χ1) is 20.9. The lowest BCUT2D eigenvalue weighted by atomic mass is 9.90. The lowest BCUT2D eigenvalue weighted by Crippen LogP contribution is -2.21. The molecule has 0 saturated carbocycles. The number of rotatable bonds is 12. The van der Waals surface area contributed by atoms with Crippen molar-refractivity contribution in [2.75, 3.05) is 61.5 Å². The SMILES string of the molecule is CCN=C1C=CC(=C(C=C(c2ccc(N(CC)CC)cc2)c2ccc(N(CC)CC)cc2)c2ccc(N(C)C)cc2)C=C1. The molecule has 0 bridgehead atoms. The zero-order valence-electron chi connectivity index (χ0n) is 27.1. The van der Waals surface area contributed by atoms with Gasteiger partial charge in [-0.3, -0.25) is 4.99 Å². The van der Waals surface area contributed by atoms with Crippen molar-refractivity contribution >= 4 is 33.9 Å². The van der Waals surface area contributed by atoms with Crippen molar-refractivity contribution < 1.29 is 0 Å². The van der Waals surface area contributed by atoms with E-state index in [2.05, 4.69) is 172 Å². The van der Waals surface area contributed by atoms with Crippen molar-refractivity contribution in [1.29, 1.82) is 0 Å². The Morgan fingerprint density at radius 3 is 1.37 bits per heavy atom. The van der Waals surface area contributed by atoms with Gasteiger partial charge in [0.05, 0.1) is 5.71 Å². The molecule has 0 saturated heterocycles. The molecule has 0 unspecified atom stereocenters. The van der Waals surface area contributed by atoms with Crippen LogP contribution in [0.1, 0.15) is 51.3 Å². The molecular weight excluding hydrogens is 524 g/mol. The fourth-order valence-electron chi connectivity index (χ4n) is 5.56. The van der Waals surface area contributed by atoms with Gasteiger partial charge in [0.25, 0.3) is 0 Å². The summed E-state index contributed by atoms with van der Waals surface area (Å²) >= 11 is 0.